The number of methoxy groups -OCH3 is 1. The summed E-state index contributed by atoms with van der Waals surface area (Å²) in [4.78, 5) is 22.2. The summed E-state index contributed by atoms with van der Waals surface area (Å²) < 4.78 is 4.75. The molecule has 0 unspecified atom stereocenters. The first-order chi connectivity index (χ1) is 10.3. The molecule has 1 aromatic rings. The minimum absolute atomic E-state index is 0.260. The maximum absolute atomic E-state index is 12.0. The lowest BCUT2D eigenvalue weighted by Crippen LogP contribution is -2.45. The number of hydrogen-bond donors (Lipinski definition) is 3. The summed E-state index contributed by atoms with van der Waals surface area (Å²) in [7, 11) is 1.24. The lowest BCUT2D eigenvalue weighted by Gasteiger charge is -2.29. The van der Waals surface area contributed by atoms with Gasteiger partial charge in [0, 0.05) is 11.8 Å². The zero-order chi connectivity index (χ0) is 16.4. The predicted molar refractivity (Wildman–Crippen MR) is 81.1 cm³/mol. The standard InChI is InChI=1S/C13H13N3O5S/c1-6-10(12(18)21-2)11(15-13(22)14-6)7-3-4-9(17)8(5-7)16(19)20/h3-5,11,17H,1-2H3,(H2,14,15,22)/t11-/m0/s1. The Morgan fingerprint density at radius 3 is 2.77 bits per heavy atom. The first-order valence-electron chi connectivity index (χ1n) is 6.19. The van der Waals surface area contributed by atoms with Crippen LogP contribution in [0.4, 0.5) is 5.69 Å². The van der Waals surface area contributed by atoms with E-state index in [0.29, 0.717) is 11.3 Å². The van der Waals surface area contributed by atoms with E-state index >= 15 is 0 Å². The fourth-order valence-corrected chi connectivity index (χ4v) is 2.46. The number of aromatic hydroxyl groups is 1. The Morgan fingerprint density at radius 1 is 1.50 bits per heavy atom. The number of allylic oxidation sites excluding steroid dienone is 1. The highest BCUT2D eigenvalue weighted by Crippen LogP contribution is 2.33. The summed E-state index contributed by atoms with van der Waals surface area (Å²) in [6, 6.07) is 3.16. The molecule has 0 aliphatic carbocycles. The number of nitro groups is 1. The van der Waals surface area contributed by atoms with Crippen molar-refractivity contribution in [2.75, 3.05) is 7.11 Å². The van der Waals surface area contributed by atoms with Crippen LogP contribution in [-0.2, 0) is 9.53 Å². The smallest absolute Gasteiger partial charge is 0.337 e. The van der Waals surface area contributed by atoms with Gasteiger partial charge in [-0.25, -0.2) is 4.79 Å². The lowest BCUT2D eigenvalue weighted by atomic mass is 9.95. The highest BCUT2D eigenvalue weighted by Gasteiger charge is 2.31. The second kappa shape index (κ2) is 5.98. The van der Waals surface area contributed by atoms with Crippen LogP contribution in [0, 0.1) is 10.1 Å². The van der Waals surface area contributed by atoms with E-state index in [1.807, 2.05) is 0 Å². The number of phenols is 1. The maximum atomic E-state index is 12.0. The van der Waals surface area contributed by atoms with Gasteiger partial charge in [-0.2, -0.15) is 0 Å². The van der Waals surface area contributed by atoms with Crippen molar-refractivity contribution in [1.29, 1.82) is 0 Å². The van der Waals surface area contributed by atoms with Crippen molar-refractivity contribution in [2.24, 2.45) is 0 Å². The summed E-state index contributed by atoms with van der Waals surface area (Å²) in [5.41, 5.74) is 0.714. The molecule has 0 spiro atoms. The van der Waals surface area contributed by atoms with Crippen LogP contribution in [-0.4, -0.2) is 28.2 Å². The van der Waals surface area contributed by atoms with Gasteiger partial charge in [0.25, 0.3) is 0 Å². The molecule has 1 aliphatic heterocycles. The van der Waals surface area contributed by atoms with E-state index < -0.39 is 28.4 Å². The number of nitro benzene ring substituents is 1. The number of carbonyl (C=O) groups is 1. The summed E-state index contributed by atoms with van der Waals surface area (Å²) in [6.45, 7) is 1.65. The summed E-state index contributed by atoms with van der Waals surface area (Å²) in [5.74, 6) is -1.04. The van der Waals surface area contributed by atoms with Crippen LogP contribution in [0.1, 0.15) is 18.5 Å². The molecule has 0 saturated carbocycles. The van der Waals surface area contributed by atoms with Crippen molar-refractivity contribution in [1.82, 2.24) is 10.6 Å². The Kier molecular flexibility index (Phi) is 4.27. The van der Waals surface area contributed by atoms with E-state index in [4.69, 9.17) is 17.0 Å². The van der Waals surface area contributed by atoms with Gasteiger partial charge in [-0.1, -0.05) is 6.07 Å². The number of nitrogens with one attached hydrogen (secondary N) is 2. The molecular weight excluding hydrogens is 310 g/mol. The van der Waals surface area contributed by atoms with Gasteiger partial charge < -0.3 is 20.5 Å². The van der Waals surface area contributed by atoms with Crippen LogP contribution in [0.25, 0.3) is 0 Å². The maximum Gasteiger partial charge on any atom is 0.337 e. The minimum Gasteiger partial charge on any atom is -0.502 e. The van der Waals surface area contributed by atoms with E-state index in [-0.39, 0.29) is 10.7 Å². The van der Waals surface area contributed by atoms with Crippen molar-refractivity contribution < 1.29 is 19.6 Å². The Balaban J connectivity index is 2.55. The minimum atomic E-state index is -0.708. The Bertz CT molecular complexity index is 701. The first-order valence-corrected chi connectivity index (χ1v) is 6.60. The highest BCUT2D eigenvalue weighted by atomic mass is 32.1. The molecule has 0 amide bonds. The van der Waals surface area contributed by atoms with Crippen molar-refractivity contribution in [3.05, 3.63) is 45.1 Å². The topological polar surface area (TPSA) is 114 Å². The van der Waals surface area contributed by atoms with Gasteiger partial charge in [0.15, 0.2) is 10.9 Å². The molecule has 3 N–H and O–H groups in total. The fourth-order valence-electron chi connectivity index (χ4n) is 2.19. The van der Waals surface area contributed by atoms with E-state index in [1.54, 1.807) is 6.92 Å². The number of hydrogen-bond acceptors (Lipinski definition) is 6. The van der Waals surface area contributed by atoms with E-state index in [2.05, 4.69) is 10.6 Å². The van der Waals surface area contributed by atoms with Gasteiger partial charge in [-0.05, 0) is 30.8 Å². The summed E-state index contributed by atoms with van der Waals surface area (Å²) >= 11 is 5.05. The third-order valence-corrected chi connectivity index (χ3v) is 3.42. The molecule has 2 rings (SSSR count). The molecule has 8 nitrogen and oxygen atoms in total. The van der Waals surface area contributed by atoms with E-state index in [1.165, 1.54) is 25.3 Å². The van der Waals surface area contributed by atoms with Crippen LogP contribution in [0.2, 0.25) is 0 Å². The second-order valence-electron chi connectivity index (χ2n) is 4.57. The predicted octanol–water partition coefficient (Wildman–Crippen LogP) is 1.27. The Labute approximate surface area is 130 Å². The molecule has 1 heterocycles. The number of phenolic OH excluding ortho intramolecular Hbond substituents is 1. The number of thiocarbonyl (C=S) groups is 1. The van der Waals surface area contributed by atoms with Crippen molar-refractivity contribution in [3.8, 4) is 5.75 Å². The van der Waals surface area contributed by atoms with Crippen LogP contribution >= 0.6 is 12.2 Å². The van der Waals surface area contributed by atoms with Crippen molar-refractivity contribution in [3.63, 3.8) is 0 Å². The van der Waals surface area contributed by atoms with Gasteiger partial charge in [0.05, 0.1) is 23.6 Å². The summed E-state index contributed by atoms with van der Waals surface area (Å²) in [6.07, 6.45) is 0. The van der Waals surface area contributed by atoms with E-state index in [0.717, 1.165) is 0 Å². The number of esters is 1. The Hall–Kier alpha value is -2.68. The van der Waals surface area contributed by atoms with Crippen LogP contribution in [0.3, 0.4) is 0 Å². The normalized spacial score (nSPS) is 17.5. The number of benzene rings is 1. The zero-order valence-corrected chi connectivity index (χ0v) is 12.6. The molecule has 116 valence electrons. The van der Waals surface area contributed by atoms with Crippen molar-refractivity contribution in [2.45, 2.75) is 13.0 Å². The fraction of sp³-hybridized carbons (Fsp3) is 0.231. The summed E-state index contributed by atoms with van der Waals surface area (Å²) in [5, 5.41) is 26.4. The van der Waals surface area contributed by atoms with Crippen molar-refractivity contribution >= 4 is 29.0 Å². The molecule has 0 saturated heterocycles. The Morgan fingerprint density at radius 2 is 2.18 bits per heavy atom. The molecule has 9 heteroatoms. The third kappa shape index (κ3) is 2.84. The molecule has 0 bridgehead atoms. The van der Waals surface area contributed by atoms with Gasteiger partial charge in [0.1, 0.15) is 0 Å². The number of rotatable bonds is 3. The number of ether oxygens (including phenoxy) is 1. The molecule has 0 radical (unpaired) electrons. The highest BCUT2D eigenvalue weighted by molar-refractivity contribution is 7.80. The quantitative estimate of drug-likeness (QED) is 0.330. The first kappa shape index (κ1) is 15.7. The van der Waals surface area contributed by atoms with Crippen LogP contribution in [0.5, 0.6) is 5.75 Å². The molecule has 1 aromatic carbocycles. The average molecular weight is 323 g/mol. The lowest BCUT2D eigenvalue weighted by molar-refractivity contribution is -0.385. The van der Waals surface area contributed by atoms with Gasteiger partial charge in [-0.3, -0.25) is 10.1 Å². The van der Waals surface area contributed by atoms with Gasteiger partial charge >= 0.3 is 11.7 Å². The largest absolute Gasteiger partial charge is 0.502 e. The van der Waals surface area contributed by atoms with Crippen LogP contribution in [0.15, 0.2) is 29.5 Å². The molecule has 0 aromatic heterocycles. The number of carbonyl (C=O) groups excluding carboxylic acids is 1. The molecule has 22 heavy (non-hydrogen) atoms. The third-order valence-electron chi connectivity index (χ3n) is 3.20. The number of nitrogens with zero attached hydrogens (tertiary/aromatic N) is 1. The van der Waals surface area contributed by atoms with Gasteiger partial charge in [0.2, 0.25) is 0 Å². The molecular formula is C13H13N3O5S. The monoisotopic (exact) mass is 323 g/mol. The average Bonchev–Trinajstić information content (AvgIpc) is 2.46. The SMILES string of the molecule is COC(=O)C1=C(C)NC(=S)N[C@H]1c1ccc(O)c([N+](=O)[O-])c1. The van der Waals surface area contributed by atoms with Gasteiger partial charge in [-0.15, -0.1) is 0 Å². The molecule has 1 atom stereocenters. The van der Waals surface area contributed by atoms with E-state index in [9.17, 15) is 20.0 Å². The molecule has 0 fully saturated rings. The molecule has 1 aliphatic rings. The van der Waals surface area contributed by atoms with Crippen LogP contribution < -0.4 is 10.6 Å². The second-order valence-corrected chi connectivity index (χ2v) is 4.98. The zero-order valence-electron chi connectivity index (χ0n) is 11.7.